The maximum absolute atomic E-state index is 11.7. The molecule has 0 spiro atoms. The third-order valence-corrected chi connectivity index (χ3v) is 1.11. The van der Waals surface area contributed by atoms with Crippen molar-refractivity contribution in [2.24, 2.45) is 0 Å². The van der Waals surface area contributed by atoms with E-state index in [9.17, 15) is 18.0 Å². The average Bonchev–Trinajstić information content (AvgIpc) is 2.04. The number of carbonyl (C=O) groups is 1. The molecule has 0 radical (unpaired) electrons. The Balaban J connectivity index is 0.00000169. The van der Waals surface area contributed by atoms with Crippen LogP contribution in [0.2, 0.25) is 0 Å². The SMILES string of the molecule is O=C([N-]c1ccccn1)C(F)(F)F.[K+]. The summed E-state index contributed by atoms with van der Waals surface area (Å²) in [6.07, 6.45) is -3.68. The minimum Gasteiger partial charge on any atom is -0.443 e. The van der Waals surface area contributed by atoms with Crippen LogP contribution in [0.3, 0.4) is 0 Å². The summed E-state index contributed by atoms with van der Waals surface area (Å²) in [6.45, 7) is 0. The second-order valence-electron chi connectivity index (χ2n) is 2.10. The van der Waals surface area contributed by atoms with Gasteiger partial charge in [-0.15, -0.1) is 0 Å². The first-order chi connectivity index (χ1) is 6.00. The first kappa shape index (κ1) is 14.0. The van der Waals surface area contributed by atoms with Crippen molar-refractivity contribution >= 4 is 11.7 Å². The molecule has 70 valence electrons. The number of nitrogens with zero attached hydrogens (tertiary/aromatic N) is 2. The van der Waals surface area contributed by atoms with E-state index in [1.54, 1.807) is 0 Å². The Bertz CT molecular complexity index is 302. The van der Waals surface area contributed by atoms with Gasteiger partial charge in [0.2, 0.25) is 0 Å². The molecule has 0 aromatic carbocycles. The van der Waals surface area contributed by atoms with Crippen molar-refractivity contribution in [1.82, 2.24) is 4.98 Å². The Kier molecular flexibility index (Phi) is 5.83. The molecule has 1 aromatic rings. The van der Waals surface area contributed by atoms with Gasteiger partial charge in [-0.3, -0.25) is 4.79 Å². The second kappa shape index (κ2) is 5.81. The van der Waals surface area contributed by atoms with E-state index in [2.05, 4.69) is 10.3 Å². The van der Waals surface area contributed by atoms with Crippen molar-refractivity contribution < 1.29 is 69.4 Å². The van der Waals surface area contributed by atoms with Crippen molar-refractivity contribution in [2.75, 3.05) is 0 Å². The normalized spacial score (nSPS) is 10.2. The molecule has 0 bridgehead atoms. The zero-order chi connectivity index (χ0) is 9.90. The third kappa shape index (κ3) is 4.51. The summed E-state index contributed by atoms with van der Waals surface area (Å²) < 4.78 is 35.0. The zero-order valence-electron chi connectivity index (χ0n) is 7.25. The predicted molar refractivity (Wildman–Crippen MR) is 38.3 cm³/mol. The molecule has 14 heavy (non-hydrogen) atoms. The van der Waals surface area contributed by atoms with Crippen molar-refractivity contribution in [1.29, 1.82) is 0 Å². The molecule has 0 saturated carbocycles. The fourth-order valence-electron chi connectivity index (χ4n) is 0.587. The molecule has 0 unspecified atom stereocenters. The molecule has 1 amide bonds. The fraction of sp³-hybridized carbons (Fsp3) is 0.143. The van der Waals surface area contributed by atoms with Crippen LogP contribution in [0.5, 0.6) is 0 Å². The van der Waals surface area contributed by atoms with Gasteiger partial charge >= 0.3 is 57.6 Å². The standard InChI is InChI=1S/C7H5F3N2O.K/c8-7(9,10)6(13)12-5-3-1-2-4-11-5;/h1-4H,(H,11,12,13);/q;+1/p-1. The molecule has 0 atom stereocenters. The molecule has 0 N–H and O–H groups in total. The maximum atomic E-state index is 11.7. The monoisotopic (exact) mass is 228 g/mol. The van der Waals surface area contributed by atoms with Crippen LogP contribution in [0.4, 0.5) is 19.0 Å². The van der Waals surface area contributed by atoms with Crippen LogP contribution < -0.4 is 51.4 Å². The minimum atomic E-state index is -4.93. The predicted octanol–water partition coefficient (Wildman–Crippen LogP) is -0.820. The van der Waals surface area contributed by atoms with Gasteiger partial charge in [-0.2, -0.15) is 13.2 Å². The van der Waals surface area contributed by atoms with Gasteiger partial charge in [0.05, 0.1) is 0 Å². The van der Waals surface area contributed by atoms with Gasteiger partial charge in [0.25, 0.3) is 5.91 Å². The molecule has 1 heterocycles. The van der Waals surface area contributed by atoms with Gasteiger partial charge < -0.3 is 10.3 Å². The molecule has 3 nitrogen and oxygen atoms in total. The molecule has 0 fully saturated rings. The maximum Gasteiger partial charge on any atom is 1.00 e. The summed E-state index contributed by atoms with van der Waals surface area (Å²) in [5, 5.41) is 2.76. The Morgan fingerprint density at radius 3 is 2.43 bits per heavy atom. The number of aromatic nitrogens is 1. The molecule has 0 aliphatic heterocycles. The Morgan fingerprint density at radius 1 is 1.36 bits per heavy atom. The summed E-state index contributed by atoms with van der Waals surface area (Å²) in [5.41, 5.74) is 0. The average molecular weight is 228 g/mol. The number of hydrogen-bond donors (Lipinski definition) is 0. The van der Waals surface area contributed by atoms with Gasteiger partial charge in [0, 0.05) is 0 Å². The van der Waals surface area contributed by atoms with Gasteiger partial charge in [-0.25, -0.2) is 0 Å². The Hall–Kier alpha value is 0.0464. The van der Waals surface area contributed by atoms with E-state index in [0.717, 1.165) is 0 Å². The van der Waals surface area contributed by atoms with E-state index in [1.165, 1.54) is 24.4 Å². The van der Waals surface area contributed by atoms with Crippen molar-refractivity contribution in [2.45, 2.75) is 6.18 Å². The van der Waals surface area contributed by atoms with Gasteiger partial charge in [-0.05, 0) is 0 Å². The number of carbonyl (C=O) groups excluding carboxylic acids is 1. The van der Waals surface area contributed by atoms with E-state index in [1.807, 2.05) is 0 Å². The topological polar surface area (TPSA) is 44.1 Å². The molecule has 7 heteroatoms. The minimum absolute atomic E-state index is 0. The van der Waals surface area contributed by atoms with E-state index in [-0.39, 0.29) is 57.2 Å². The molecular weight excluding hydrogens is 224 g/mol. The quantitative estimate of drug-likeness (QED) is 0.589. The number of halogens is 3. The third-order valence-electron chi connectivity index (χ3n) is 1.11. The van der Waals surface area contributed by atoms with E-state index >= 15 is 0 Å². The van der Waals surface area contributed by atoms with Crippen molar-refractivity contribution in [3.8, 4) is 0 Å². The summed E-state index contributed by atoms with van der Waals surface area (Å²) in [7, 11) is 0. The first-order valence-corrected chi connectivity index (χ1v) is 3.24. The number of amides is 1. The van der Waals surface area contributed by atoms with Crippen LogP contribution in [-0.2, 0) is 4.79 Å². The van der Waals surface area contributed by atoms with Gasteiger partial charge in [0.15, 0.2) is 0 Å². The largest absolute Gasteiger partial charge is 1.00 e. The summed E-state index contributed by atoms with van der Waals surface area (Å²) in [5.74, 6) is -2.39. The summed E-state index contributed by atoms with van der Waals surface area (Å²) in [6, 6.07) is 4.16. The molecule has 0 aliphatic carbocycles. The molecular formula is C7H4F3KN2O. The Labute approximate surface area is 121 Å². The van der Waals surface area contributed by atoms with Crippen LogP contribution in [0.1, 0.15) is 0 Å². The first-order valence-electron chi connectivity index (χ1n) is 3.24. The Morgan fingerprint density at radius 2 is 2.00 bits per heavy atom. The van der Waals surface area contributed by atoms with Crippen LogP contribution in [0, 0.1) is 0 Å². The molecule has 1 aromatic heterocycles. The van der Waals surface area contributed by atoms with Crippen molar-refractivity contribution in [3.05, 3.63) is 29.7 Å². The van der Waals surface area contributed by atoms with Crippen molar-refractivity contribution in [3.63, 3.8) is 0 Å². The fourth-order valence-corrected chi connectivity index (χ4v) is 0.587. The molecule has 1 rings (SSSR count). The number of rotatable bonds is 1. The summed E-state index contributed by atoms with van der Waals surface area (Å²) >= 11 is 0. The zero-order valence-corrected chi connectivity index (χ0v) is 10.4. The van der Waals surface area contributed by atoms with E-state index in [4.69, 9.17) is 0 Å². The molecule has 0 aliphatic rings. The van der Waals surface area contributed by atoms with Gasteiger partial charge in [-0.1, -0.05) is 30.2 Å². The van der Waals surface area contributed by atoms with Crippen LogP contribution >= 0.6 is 0 Å². The van der Waals surface area contributed by atoms with Crippen LogP contribution in [0.15, 0.2) is 24.4 Å². The molecule has 0 saturated heterocycles. The number of pyridine rings is 1. The van der Waals surface area contributed by atoms with E-state index in [0.29, 0.717) is 0 Å². The van der Waals surface area contributed by atoms with Gasteiger partial charge in [0.1, 0.15) is 0 Å². The smallest absolute Gasteiger partial charge is 0.443 e. The second-order valence-corrected chi connectivity index (χ2v) is 2.10. The number of alkyl halides is 3. The summed E-state index contributed by atoms with van der Waals surface area (Å²) in [4.78, 5) is 13.7. The number of hydrogen-bond acceptors (Lipinski definition) is 2. The van der Waals surface area contributed by atoms with Crippen LogP contribution in [0.25, 0.3) is 5.32 Å². The van der Waals surface area contributed by atoms with Crippen LogP contribution in [-0.4, -0.2) is 17.1 Å². The van der Waals surface area contributed by atoms with E-state index < -0.39 is 12.1 Å².